The Hall–Kier alpha value is -1.10. The monoisotopic (exact) mass is 256 g/mol. The molecule has 2 heterocycles. The van der Waals surface area contributed by atoms with E-state index in [-0.39, 0.29) is 0 Å². The molecule has 0 spiro atoms. The zero-order valence-corrected chi connectivity index (χ0v) is 11.5. The summed E-state index contributed by atoms with van der Waals surface area (Å²) in [6.07, 6.45) is 1.48. The van der Waals surface area contributed by atoms with Crippen molar-refractivity contribution in [2.75, 3.05) is 14.2 Å². The van der Waals surface area contributed by atoms with E-state index in [2.05, 4.69) is 0 Å². The molecule has 2 aliphatic rings. The first-order chi connectivity index (χ1) is 8.25. The van der Waals surface area contributed by atoms with Crippen LogP contribution < -0.4 is 0 Å². The second-order valence-corrected chi connectivity index (χ2v) is 5.80. The number of methoxy groups -OCH3 is 2. The lowest BCUT2D eigenvalue weighted by molar-refractivity contribution is -0.171. The van der Waals surface area contributed by atoms with E-state index in [0.29, 0.717) is 0 Å². The molecule has 0 aliphatic carbocycles. The van der Waals surface area contributed by atoms with Crippen LogP contribution >= 0.6 is 0 Å². The van der Waals surface area contributed by atoms with Crippen LogP contribution in [-0.4, -0.2) is 37.4 Å². The van der Waals surface area contributed by atoms with E-state index in [1.165, 1.54) is 14.2 Å². The Morgan fingerprint density at radius 3 is 2.22 bits per heavy atom. The fourth-order valence-corrected chi connectivity index (χ4v) is 3.74. The molecule has 102 valence electrons. The van der Waals surface area contributed by atoms with E-state index >= 15 is 0 Å². The van der Waals surface area contributed by atoms with Crippen molar-refractivity contribution in [2.24, 2.45) is 11.3 Å². The third kappa shape index (κ3) is 1.31. The molecule has 2 fully saturated rings. The Morgan fingerprint density at radius 2 is 1.72 bits per heavy atom. The fraction of sp³-hybridized carbons (Fsp3) is 0.846. The largest absolute Gasteiger partial charge is 0.469 e. The highest BCUT2D eigenvalue weighted by molar-refractivity contribution is 5.88. The van der Waals surface area contributed by atoms with E-state index in [1.54, 1.807) is 6.92 Å². The number of fused-ring (bicyclic) bond motifs is 2. The van der Waals surface area contributed by atoms with Crippen molar-refractivity contribution in [1.82, 2.24) is 0 Å². The van der Waals surface area contributed by atoms with Gasteiger partial charge in [0.25, 0.3) is 0 Å². The number of carbonyl (C=O) groups excluding carboxylic acids is 2. The van der Waals surface area contributed by atoms with E-state index in [4.69, 9.17) is 14.2 Å². The zero-order valence-electron chi connectivity index (χ0n) is 11.5. The maximum Gasteiger partial charge on any atom is 0.315 e. The Bertz CT molecular complexity index is 406. The summed E-state index contributed by atoms with van der Waals surface area (Å²) in [6, 6.07) is 0. The highest BCUT2D eigenvalue weighted by Crippen LogP contribution is 2.64. The van der Waals surface area contributed by atoms with Gasteiger partial charge < -0.3 is 14.2 Å². The first-order valence-electron chi connectivity index (χ1n) is 6.11. The minimum absolute atomic E-state index is 0.408. The Labute approximate surface area is 107 Å². The van der Waals surface area contributed by atoms with Crippen LogP contribution in [0.3, 0.4) is 0 Å². The van der Waals surface area contributed by atoms with Crippen molar-refractivity contribution in [1.29, 1.82) is 0 Å². The molecule has 5 nitrogen and oxygen atoms in total. The molecule has 2 saturated heterocycles. The molecule has 0 aromatic rings. The van der Waals surface area contributed by atoms with Gasteiger partial charge in [-0.05, 0) is 33.6 Å². The Kier molecular flexibility index (Phi) is 2.74. The quantitative estimate of drug-likeness (QED) is 0.697. The van der Waals surface area contributed by atoms with Gasteiger partial charge in [0.2, 0.25) is 0 Å². The molecule has 0 amide bonds. The summed E-state index contributed by atoms with van der Waals surface area (Å²) in [4.78, 5) is 24.3. The van der Waals surface area contributed by atoms with Crippen molar-refractivity contribution < 1.29 is 23.8 Å². The smallest absolute Gasteiger partial charge is 0.315 e. The van der Waals surface area contributed by atoms with E-state index in [1.807, 2.05) is 13.8 Å². The zero-order chi connectivity index (χ0) is 13.8. The van der Waals surface area contributed by atoms with E-state index < -0.39 is 34.5 Å². The maximum absolute atomic E-state index is 12.2. The minimum atomic E-state index is -0.998. The second-order valence-electron chi connectivity index (χ2n) is 5.80. The lowest BCUT2D eigenvalue weighted by atomic mass is 9.58. The molecule has 2 rings (SSSR count). The van der Waals surface area contributed by atoms with Crippen molar-refractivity contribution >= 4 is 11.9 Å². The molecular formula is C13H20O5. The van der Waals surface area contributed by atoms with Gasteiger partial charge in [-0.1, -0.05) is 0 Å². The summed E-state index contributed by atoms with van der Waals surface area (Å²) in [5.41, 5.74) is -2.32. The van der Waals surface area contributed by atoms with Crippen LogP contribution in [0.1, 0.15) is 33.6 Å². The molecule has 4 unspecified atom stereocenters. The molecule has 0 saturated carbocycles. The summed E-state index contributed by atoms with van der Waals surface area (Å²) in [7, 11) is 2.66. The van der Waals surface area contributed by atoms with Gasteiger partial charge in [-0.3, -0.25) is 9.59 Å². The van der Waals surface area contributed by atoms with Gasteiger partial charge in [0.05, 0.1) is 25.4 Å². The number of ether oxygens (including phenoxy) is 3. The van der Waals surface area contributed by atoms with Crippen LogP contribution in [0.2, 0.25) is 0 Å². The van der Waals surface area contributed by atoms with Crippen molar-refractivity contribution in [2.45, 2.75) is 44.8 Å². The van der Waals surface area contributed by atoms with Crippen molar-refractivity contribution in [3.63, 3.8) is 0 Å². The third-order valence-electron chi connectivity index (χ3n) is 4.89. The van der Waals surface area contributed by atoms with Crippen LogP contribution in [0, 0.1) is 11.3 Å². The lowest BCUT2D eigenvalue weighted by Gasteiger charge is -2.41. The molecule has 0 aromatic heterocycles. The summed E-state index contributed by atoms with van der Waals surface area (Å²) >= 11 is 0. The summed E-state index contributed by atoms with van der Waals surface area (Å²) in [6.45, 7) is 5.48. The number of esters is 2. The molecule has 2 aliphatic heterocycles. The van der Waals surface area contributed by atoms with Crippen LogP contribution in [0.25, 0.3) is 0 Å². The summed E-state index contributed by atoms with van der Waals surface area (Å²) in [5, 5.41) is 0. The normalized spacial score (nSPS) is 45.9. The van der Waals surface area contributed by atoms with Gasteiger partial charge in [-0.2, -0.15) is 0 Å². The van der Waals surface area contributed by atoms with Gasteiger partial charge in [0.15, 0.2) is 0 Å². The van der Waals surface area contributed by atoms with Gasteiger partial charge in [0, 0.05) is 0 Å². The average molecular weight is 256 g/mol. The molecule has 18 heavy (non-hydrogen) atoms. The number of hydrogen-bond acceptors (Lipinski definition) is 5. The molecular weight excluding hydrogens is 236 g/mol. The van der Waals surface area contributed by atoms with Crippen LogP contribution in [0.5, 0.6) is 0 Å². The summed E-state index contributed by atoms with van der Waals surface area (Å²) in [5.74, 6) is -1.45. The third-order valence-corrected chi connectivity index (χ3v) is 4.89. The van der Waals surface area contributed by atoms with Gasteiger partial charge in [-0.25, -0.2) is 0 Å². The molecule has 0 radical (unpaired) electrons. The maximum atomic E-state index is 12.2. The molecule has 0 aromatic carbocycles. The predicted molar refractivity (Wildman–Crippen MR) is 62.8 cm³/mol. The highest BCUT2D eigenvalue weighted by Gasteiger charge is 2.75. The number of carbonyl (C=O) groups is 2. The SMILES string of the molecule is COC(=O)C1C2(C)CCC(C)(O2)C1(C)C(=O)OC. The van der Waals surface area contributed by atoms with Gasteiger partial charge in [-0.15, -0.1) is 0 Å². The standard InChI is InChI=1S/C13H20O5/c1-11-6-7-12(2,18-11)13(3,10(15)17-5)8(11)9(14)16-4/h8H,6-7H2,1-5H3. The van der Waals surface area contributed by atoms with Crippen molar-refractivity contribution in [3.8, 4) is 0 Å². The first kappa shape index (κ1) is 13.3. The molecule has 4 atom stereocenters. The van der Waals surface area contributed by atoms with Crippen LogP contribution in [-0.2, 0) is 23.8 Å². The topological polar surface area (TPSA) is 61.8 Å². The van der Waals surface area contributed by atoms with Crippen LogP contribution in [0.15, 0.2) is 0 Å². The van der Waals surface area contributed by atoms with E-state index in [9.17, 15) is 9.59 Å². The lowest BCUT2D eigenvalue weighted by Crippen LogP contribution is -2.55. The summed E-state index contributed by atoms with van der Waals surface area (Å²) < 4.78 is 15.8. The van der Waals surface area contributed by atoms with Gasteiger partial charge in [0.1, 0.15) is 11.3 Å². The Balaban J connectivity index is 2.54. The highest BCUT2D eigenvalue weighted by atomic mass is 16.6. The number of rotatable bonds is 2. The first-order valence-corrected chi connectivity index (χ1v) is 6.11. The Morgan fingerprint density at radius 1 is 1.11 bits per heavy atom. The van der Waals surface area contributed by atoms with Crippen molar-refractivity contribution in [3.05, 3.63) is 0 Å². The average Bonchev–Trinajstić information content (AvgIpc) is 2.73. The fourth-order valence-electron chi connectivity index (χ4n) is 3.74. The van der Waals surface area contributed by atoms with Gasteiger partial charge >= 0.3 is 11.9 Å². The molecule has 2 bridgehead atoms. The predicted octanol–water partition coefficient (Wildman–Crippen LogP) is 1.30. The van der Waals surface area contributed by atoms with E-state index in [0.717, 1.165) is 12.8 Å². The number of hydrogen-bond donors (Lipinski definition) is 0. The molecule has 0 N–H and O–H groups in total. The van der Waals surface area contributed by atoms with Crippen LogP contribution in [0.4, 0.5) is 0 Å². The molecule has 5 heteroatoms. The second kappa shape index (κ2) is 3.70. The minimum Gasteiger partial charge on any atom is -0.469 e.